The topological polar surface area (TPSA) is 68.2 Å². The molecular formula is C20H20N2O4. The van der Waals surface area contributed by atoms with Crippen LogP contribution >= 0.6 is 0 Å². The highest BCUT2D eigenvalue weighted by atomic mass is 16.7. The van der Waals surface area contributed by atoms with Crippen molar-refractivity contribution in [1.82, 2.24) is 0 Å². The normalized spacial score (nSPS) is 14.8. The maximum atomic E-state index is 12.4. The molecule has 1 aliphatic heterocycles. The van der Waals surface area contributed by atoms with Gasteiger partial charge in [-0.1, -0.05) is 23.4 Å². The molecule has 3 rings (SSSR count). The summed E-state index contributed by atoms with van der Waals surface area (Å²) < 4.78 is 5.34. The minimum atomic E-state index is -0.597. The van der Waals surface area contributed by atoms with Crippen LogP contribution in [0.5, 0.6) is 0 Å². The Bertz CT molecular complexity index is 794. The maximum absolute atomic E-state index is 12.4. The van der Waals surface area contributed by atoms with Crippen molar-refractivity contribution in [3.63, 3.8) is 0 Å². The lowest BCUT2D eigenvalue weighted by Gasteiger charge is -2.28. The number of hydrogen-bond acceptors (Lipinski definition) is 6. The number of ether oxygens (including phenoxy) is 1. The Balaban J connectivity index is 1.63. The predicted octanol–water partition coefficient (Wildman–Crippen LogP) is 2.94. The highest BCUT2D eigenvalue weighted by molar-refractivity contribution is 6.45. The molecule has 0 atom stereocenters. The number of morpholine rings is 1. The van der Waals surface area contributed by atoms with Gasteiger partial charge in [-0.25, -0.2) is 4.79 Å². The molecule has 2 aromatic rings. The standard InChI is InChI=1S/C20H20N2O4/c1-15(21-26-20(24)17-5-3-2-4-6-17)19(23)16-7-9-18(10-8-16)22-11-13-25-14-12-22/h2-10H,11-14H2,1H3. The fourth-order valence-corrected chi connectivity index (χ4v) is 2.63. The summed E-state index contributed by atoms with van der Waals surface area (Å²) in [6, 6.07) is 15.8. The predicted molar refractivity (Wildman–Crippen MR) is 98.8 cm³/mol. The van der Waals surface area contributed by atoms with Crippen LogP contribution in [0.4, 0.5) is 5.69 Å². The molecule has 2 aromatic carbocycles. The average Bonchev–Trinajstić information content (AvgIpc) is 2.72. The Hall–Kier alpha value is -2.99. The molecule has 26 heavy (non-hydrogen) atoms. The first kappa shape index (κ1) is 17.8. The molecule has 0 radical (unpaired) electrons. The van der Waals surface area contributed by atoms with Gasteiger partial charge < -0.3 is 14.5 Å². The average molecular weight is 352 g/mol. The van der Waals surface area contributed by atoms with E-state index in [0.29, 0.717) is 24.3 Å². The first-order valence-electron chi connectivity index (χ1n) is 8.43. The minimum Gasteiger partial charge on any atom is -0.378 e. The summed E-state index contributed by atoms with van der Waals surface area (Å²) in [7, 11) is 0. The van der Waals surface area contributed by atoms with E-state index in [4.69, 9.17) is 9.57 Å². The third kappa shape index (κ3) is 4.34. The highest BCUT2D eigenvalue weighted by Crippen LogP contribution is 2.17. The summed E-state index contributed by atoms with van der Waals surface area (Å²) >= 11 is 0. The SMILES string of the molecule is CC(=NOC(=O)c1ccccc1)C(=O)c1ccc(N2CCOCC2)cc1. The smallest absolute Gasteiger partial charge is 0.365 e. The number of rotatable bonds is 5. The van der Waals surface area contributed by atoms with Gasteiger partial charge in [0.2, 0.25) is 5.78 Å². The molecule has 0 aromatic heterocycles. The van der Waals surface area contributed by atoms with Gasteiger partial charge in [0.1, 0.15) is 5.71 Å². The van der Waals surface area contributed by atoms with Crippen molar-refractivity contribution < 1.29 is 19.2 Å². The van der Waals surface area contributed by atoms with E-state index >= 15 is 0 Å². The number of hydrogen-bond donors (Lipinski definition) is 0. The first-order valence-corrected chi connectivity index (χ1v) is 8.43. The van der Waals surface area contributed by atoms with E-state index in [2.05, 4.69) is 10.1 Å². The maximum Gasteiger partial charge on any atom is 0.365 e. The van der Waals surface area contributed by atoms with Gasteiger partial charge >= 0.3 is 5.97 Å². The zero-order valence-electron chi connectivity index (χ0n) is 14.6. The number of ketones is 1. The Morgan fingerprint density at radius 1 is 0.962 bits per heavy atom. The lowest BCUT2D eigenvalue weighted by atomic mass is 10.1. The van der Waals surface area contributed by atoms with Crippen molar-refractivity contribution in [3.05, 3.63) is 65.7 Å². The van der Waals surface area contributed by atoms with Crippen molar-refractivity contribution >= 4 is 23.2 Å². The molecule has 6 heteroatoms. The van der Waals surface area contributed by atoms with Gasteiger partial charge in [0.25, 0.3) is 0 Å². The summed E-state index contributed by atoms with van der Waals surface area (Å²) in [5.41, 5.74) is 2.05. The van der Waals surface area contributed by atoms with Gasteiger partial charge in [0.05, 0.1) is 18.8 Å². The molecule has 1 aliphatic rings. The Kier molecular flexibility index (Phi) is 5.76. The van der Waals surface area contributed by atoms with Crippen LogP contribution in [-0.2, 0) is 9.57 Å². The molecule has 0 aliphatic carbocycles. The largest absolute Gasteiger partial charge is 0.378 e. The molecule has 0 unspecified atom stereocenters. The molecule has 0 spiro atoms. The molecule has 0 bridgehead atoms. The molecule has 1 fully saturated rings. The monoisotopic (exact) mass is 352 g/mol. The van der Waals surface area contributed by atoms with E-state index in [1.807, 2.05) is 12.1 Å². The quantitative estimate of drug-likeness (QED) is 0.358. The summed E-state index contributed by atoms with van der Waals surface area (Å²) in [5.74, 6) is -0.875. The first-order chi connectivity index (χ1) is 12.6. The molecule has 0 saturated carbocycles. The summed E-state index contributed by atoms with van der Waals surface area (Å²) in [4.78, 5) is 31.4. The summed E-state index contributed by atoms with van der Waals surface area (Å²) in [5, 5.41) is 3.68. The van der Waals surface area contributed by atoms with Crippen LogP contribution in [0, 0.1) is 0 Å². The number of benzene rings is 2. The second-order valence-electron chi connectivity index (χ2n) is 5.90. The van der Waals surface area contributed by atoms with Crippen LogP contribution < -0.4 is 4.90 Å². The van der Waals surface area contributed by atoms with E-state index < -0.39 is 5.97 Å². The summed E-state index contributed by atoms with van der Waals surface area (Å²) in [6.45, 7) is 4.61. The zero-order chi connectivity index (χ0) is 18.4. The Morgan fingerprint density at radius 3 is 2.27 bits per heavy atom. The van der Waals surface area contributed by atoms with Crippen LogP contribution in [0.2, 0.25) is 0 Å². The third-order valence-corrected chi connectivity index (χ3v) is 4.11. The number of oxime groups is 1. The fourth-order valence-electron chi connectivity index (χ4n) is 2.63. The van der Waals surface area contributed by atoms with Crippen LogP contribution in [0.15, 0.2) is 59.8 Å². The third-order valence-electron chi connectivity index (χ3n) is 4.11. The molecule has 1 heterocycles. The van der Waals surface area contributed by atoms with Crippen molar-refractivity contribution in [3.8, 4) is 0 Å². The fraction of sp³-hybridized carbons (Fsp3) is 0.250. The lowest BCUT2D eigenvalue weighted by molar-refractivity contribution is 0.0515. The van der Waals surface area contributed by atoms with Crippen LogP contribution in [0.3, 0.4) is 0 Å². The molecule has 134 valence electrons. The van der Waals surface area contributed by atoms with Crippen molar-refractivity contribution in [2.45, 2.75) is 6.92 Å². The van der Waals surface area contributed by atoms with E-state index in [0.717, 1.165) is 18.8 Å². The van der Waals surface area contributed by atoms with Gasteiger partial charge in [-0.3, -0.25) is 4.79 Å². The molecule has 1 saturated heterocycles. The highest BCUT2D eigenvalue weighted by Gasteiger charge is 2.15. The van der Waals surface area contributed by atoms with Gasteiger partial charge in [-0.05, 0) is 43.3 Å². The Labute approximate surface area is 152 Å². The number of carbonyl (C=O) groups excluding carboxylic acids is 2. The Morgan fingerprint density at radius 2 is 1.62 bits per heavy atom. The molecule has 0 amide bonds. The zero-order valence-corrected chi connectivity index (χ0v) is 14.6. The van der Waals surface area contributed by atoms with E-state index in [1.54, 1.807) is 42.5 Å². The lowest BCUT2D eigenvalue weighted by Crippen LogP contribution is -2.36. The van der Waals surface area contributed by atoms with Crippen molar-refractivity contribution in [2.24, 2.45) is 5.16 Å². The van der Waals surface area contributed by atoms with Gasteiger partial charge in [0.15, 0.2) is 0 Å². The van der Waals surface area contributed by atoms with Gasteiger partial charge in [0, 0.05) is 24.3 Å². The second-order valence-corrected chi connectivity index (χ2v) is 5.90. The van der Waals surface area contributed by atoms with Crippen LogP contribution in [0.1, 0.15) is 27.6 Å². The minimum absolute atomic E-state index is 0.119. The van der Waals surface area contributed by atoms with Crippen molar-refractivity contribution in [2.75, 3.05) is 31.2 Å². The summed E-state index contributed by atoms with van der Waals surface area (Å²) in [6.07, 6.45) is 0. The van der Waals surface area contributed by atoms with Crippen molar-refractivity contribution in [1.29, 1.82) is 0 Å². The van der Waals surface area contributed by atoms with E-state index in [9.17, 15) is 9.59 Å². The van der Waals surface area contributed by atoms with Crippen LogP contribution in [0.25, 0.3) is 0 Å². The molecular weight excluding hydrogens is 332 g/mol. The van der Waals surface area contributed by atoms with Crippen LogP contribution in [-0.4, -0.2) is 43.8 Å². The number of Topliss-reactive ketones (excluding diaryl/α,β-unsaturated/α-hetero) is 1. The number of carbonyl (C=O) groups is 2. The van der Waals surface area contributed by atoms with Gasteiger partial charge in [-0.2, -0.15) is 0 Å². The van der Waals surface area contributed by atoms with E-state index in [1.165, 1.54) is 6.92 Å². The molecule has 6 nitrogen and oxygen atoms in total. The number of anilines is 1. The second kappa shape index (κ2) is 8.40. The number of nitrogens with zero attached hydrogens (tertiary/aromatic N) is 2. The van der Waals surface area contributed by atoms with E-state index in [-0.39, 0.29) is 11.5 Å². The van der Waals surface area contributed by atoms with Gasteiger partial charge in [-0.15, -0.1) is 0 Å². The molecule has 0 N–H and O–H groups in total.